The third-order valence-corrected chi connectivity index (χ3v) is 2.81. The lowest BCUT2D eigenvalue weighted by Crippen LogP contribution is -2.14. The summed E-state index contributed by atoms with van der Waals surface area (Å²) < 4.78 is 39.3. The van der Waals surface area contributed by atoms with Crippen molar-refractivity contribution in [3.05, 3.63) is 47.2 Å². The number of aromatic nitrogens is 2. The fourth-order valence-electron chi connectivity index (χ4n) is 1.65. The minimum absolute atomic E-state index is 0.0665. The molecule has 0 aliphatic heterocycles. The van der Waals surface area contributed by atoms with Crippen LogP contribution in [0.1, 0.15) is 21.6 Å². The molecule has 0 saturated carbocycles. The summed E-state index contributed by atoms with van der Waals surface area (Å²) in [6, 6.07) is 5.88. The summed E-state index contributed by atoms with van der Waals surface area (Å²) >= 11 is 0. The van der Waals surface area contributed by atoms with Gasteiger partial charge in [0.15, 0.2) is 5.82 Å². The number of rotatable bonds is 2. The van der Waals surface area contributed by atoms with Gasteiger partial charge in [-0.3, -0.25) is 9.48 Å². The largest absolute Gasteiger partial charge is 0.416 e. The molecule has 0 fully saturated rings. The van der Waals surface area contributed by atoms with Crippen molar-refractivity contribution in [3.63, 3.8) is 0 Å². The SMILES string of the molecule is Cc1cc(NC(=O)c2cccc(C(F)(F)F)c2)nn1C. The number of nitrogens with zero attached hydrogens (tertiary/aromatic N) is 2. The Labute approximate surface area is 113 Å². The first-order chi connectivity index (χ1) is 9.27. The van der Waals surface area contributed by atoms with Gasteiger partial charge >= 0.3 is 6.18 Å². The van der Waals surface area contributed by atoms with Crippen LogP contribution < -0.4 is 5.32 Å². The van der Waals surface area contributed by atoms with Crippen molar-refractivity contribution in [3.8, 4) is 0 Å². The molecule has 0 bridgehead atoms. The van der Waals surface area contributed by atoms with Crippen molar-refractivity contribution < 1.29 is 18.0 Å². The van der Waals surface area contributed by atoms with Crippen molar-refractivity contribution in [1.29, 1.82) is 0 Å². The number of hydrogen-bond acceptors (Lipinski definition) is 2. The molecule has 0 aliphatic carbocycles. The summed E-state index contributed by atoms with van der Waals surface area (Å²) in [5, 5.41) is 6.47. The first-order valence-electron chi connectivity index (χ1n) is 5.76. The van der Waals surface area contributed by atoms with E-state index in [1.807, 2.05) is 0 Å². The monoisotopic (exact) mass is 283 g/mol. The van der Waals surface area contributed by atoms with Gasteiger partial charge in [0.05, 0.1) is 5.56 Å². The first-order valence-corrected chi connectivity index (χ1v) is 5.76. The number of anilines is 1. The van der Waals surface area contributed by atoms with Gasteiger partial charge in [0, 0.05) is 24.4 Å². The zero-order valence-corrected chi connectivity index (χ0v) is 10.8. The van der Waals surface area contributed by atoms with Gasteiger partial charge in [0.2, 0.25) is 0 Å². The standard InChI is InChI=1S/C13H12F3N3O/c1-8-6-11(18-19(8)2)17-12(20)9-4-3-5-10(7-9)13(14,15)16/h3-7H,1-2H3,(H,17,18,20). The molecule has 0 atom stereocenters. The molecule has 0 saturated heterocycles. The zero-order valence-electron chi connectivity index (χ0n) is 10.8. The van der Waals surface area contributed by atoms with E-state index < -0.39 is 17.6 Å². The Morgan fingerprint density at radius 3 is 2.55 bits per heavy atom. The summed E-state index contributed by atoms with van der Waals surface area (Å²) in [5.41, 5.74) is -0.102. The van der Waals surface area contributed by atoms with Crippen LogP contribution in [-0.4, -0.2) is 15.7 Å². The molecule has 20 heavy (non-hydrogen) atoms. The summed E-state index contributed by atoms with van der Waals surface area (Å²) in [6.07, 6.45) is -4.47. The highest BCUT2D eigenvalue weighted by atomic mass is 19.4. The number of aryl methyl sites for hydroxylation is 2. The van der Waals surface area contributed by atoms with E-state index in [-0.39, 0.29) is 5.56 Å². The molecule has 0 aliphatic rings. The van der Waals surface area contributed by atoms with Gasteiger partial charge in [-0.25, -0.2) is 0 Å². The Hall–Kier alpha value is -2.31. The fraction of sp³-hybridized carbons (Fsp3) is 0.231. The molecule has 1 aromatic carbocycles. The second-order valence-corrected chi connectivity index (χ2v) is 4.33. The van der Waals surface area contributed by atoms with E-state index in [2.05, 4.69) is 10.4 Å². The predicted molar refractivity (Wildman–Crippen MR) is 67.3 cm³/mol. The average molecular weight is 283 g/mol. The lowest BCUT2D eigenvalue weighted by molar-refractivity contribution is -0.137. The van der Waals surface area contributed by atoms with E-state index in [0.29, 0.717) is 5.82 Å². The molecule has 0 spiro atoms. The van der Waals surface area contributed by atoms with E-state index in [4.69, 9.17) is 0 Å². The van der Waals surface area contributed by atoms with Crippen molar-refractivity contribution >= 4 is 11.7 Å². The number of carbonyl (C=O) groups is 1. The van der Waals surface area contributed by atoms with Gasteiger partial charge in [-0.15, -0.1) is 0 Å². The normalized spacial score (nSPS) is 11.4. The smallest absolute Gasteiger partial charge is 0.305 e. The molecule has 1 N–H and O–H groups in total. The Morgan fingerprint density at radius 2 is 2.00 bits per heavy atom. The Balaban J connectivity index is 2.21. The Kier molecular flexibility index (Phi) is 3.52. The number of hydrogen-bond donors (Lipinski definition) is 1. The molecule has 0 unspecified atom stereocenters. The molecular weight excluding hydrogens is 271 g/mol. The van der Waals surface area contributed by atoms with E-state index in [0.717, 1.165) is 17.8 Å². The summed E-state index contributed by atoms with van der Waals surface area (Å²) in [5.74, 6) is -0.332. The molecule has 1 heterocycles. The lowest BCUT2D eigenvalue weighted by atomic mass is 10.1. The Bertz CT molecular complexity index is 627. The maximum Gasteiger partial charge on any atom is 0.416 e. The number of nitrogens with one attached hydrogen (secondary N) is 1. The van der Waals surface area contributed by atoms with Gasteiger partial charge in [-0.05, 0) is 25.1 Å². The summed E-state index contributed by atoms with van der Waals surface area (Å²) in [4.78, 5) is 11.9. The Morgan fingerprint density at radius 1 is 1.30 bits per heavy atom. The first kappa shape index (κ1) is 14.1. The van der Waals surface area contributed by atoms with Crippen molar-refractivity contribution in [2.45, 2.75) is 13.1 Å². The molecule has 1 amide bonds. The van der Waals surface area contributed by atoms with E-state index in [1.54, 1.807) is 24.7 Å². The second kappa shape index (κ2) is 4.99. The van der Waals surface area contributed by atoms with Gasteiger partial charge < -0.3 is 5.32 Å². The molecule has 0 radical (unpaired) electrons. The molecule has 1 aromatic heterocycles. The third kappa shape index (κ3) is 2.98. The number of alkyl halides is 3. The van der Waals surface area contributed by atoms with E-state index in [9.17, 15) is 18.0 Å². The van der Waals surface area contributed by atoms with Gasteiger partial charge in [-0.1, -0.05) is 6.07 Å². The van der Waals surface area contributed by atoms with Crippen molar-refractivity contribution in [1.82, 2.24) is 9.78 Å². The van der Waals surface area contributed by atoms with Crippen molar-refractivity contribution in [2.75, 3.05) is 5.32 Å². The van der Waals surface area contributed by atoms with E-state index in [1.165, 1.54) is 12.1 Å². The van der Waals surface area contributed by atoms with Gasteiger partial charge in [0.25, 0.3) is 5.91 Å². The minimum Gasteiger partial charge on any atom is -0.305 e. The van der Waals surface area contributed by atoms with Crippen LogP contribution >= 0.6 is 0 Å². The molecular formula is C13H12F3N3O. The number of halogens is 3. The van der Waals surface area contributed by atoms with Crippen LogP contribution in [0.3, 0.4) is 0 Å². The van der Waals surface area contributed by atoms with Crippen LogP contribution in [-0.2, 0) is 13.2 Å². The van der Waals surface area contributed by atoms with Crippen LogP contribution in [0.2, 0.25) is 0 Å². The maximum atomic E-state index is 12.6. The second-order valence-electron chi connectivity index (χ2n) is 4.33. The van der Waals surface area contributed by atoms with Crippen molar-refractivity contribution in [2.24, 2.45) is 7.05 Å². The number of amides is 1. The van der Waals surface area contributed by atoms with Crippen LogP contribution in [0.25, 0.3) is 0 Å². The highest BCUT2D eigenvalue weighted by Gasteiger charge is 2.30. The quantitative estimate of drug-likeness (QED) is 0.921. The molecule has 106 valence electrons. The average Bonchev–Trinajstić information content (AvgIpc) is 2.67. The fourth-order valence-corrected chi connectivity index (χ4v) is 1.65. The molecule has 2 rings (SSSR count). The maximum absolute atomic E-state index is 12.6. The molecule has 2 aromatic rings. The van der Waals surface area contributed by atoms with Crippen LogP contribution in [0.4, 0.5) is 19.0 Å². The molecule has 4 nitrogen and oxygen atoms in total. The minimum atomic E-state index is -4.47. The van der Waals surface area contributed by atoms with Crippen LogP contribution in [0.15, 0.2) is 30.3 Å². The van der Waals surface area contributed by atoms with Crippen LogP contribution in [0.5, 0.6) is 0 Å². The molecule has 7 heteroatoms. The van der Waals surface area contributed by atoms with Gasteiger partial charge in [-0.2, -0.15) is 18.3 Å². The zero-order chi connectivity index (χ0) is 14.9. The third-order valence-electron chi connectivity index (χ3n) is 2.81. The van der Waals surface area contributed by atoms with Crippen LogP contribution in [0, 0.1) is 6.92 Å². The van der Waals surface area contributed by atoms with Gasteiger partial charge in [0.1, 0.15) is 0 Å². The summed E-state index contributed by atoms with van der Waals surface area (Å²) in [7, 11) is 1.70. The predicted octanol–water partition coefficient (Wildman–Crippen LogP) is 3.00. The summed E-state index contributed by atoms with van der Waals surface area (Å²) in [6.45, 7) is 1.80. The lowest BCUT2D eigenvalue weighted by Gasteiger charge is -2.08. The van der Waals surface area contributed by atoms with E-state index >= 15 is 0 Å². The highest BCUT2D eigenvalue weighted by molar-refractivity contribution is 6.03. The highest BCUT2D eigenvalue weighted by Crippen LogP contribution is 2.29. The number of benzene rings is 1. The topological polar surface area (TPSA) is 46.9 Å². The number of carbonyl (C=O) groups excluding carboxylic acids is 1.